The van der Waals surface area contributed by atoms with E-state index in [0.29, 0.717) is 42.2 Å². The van der Waals surface area contributed by atoms with E-state index in [1.54, 1.807) is 25.2 Å². The van der Waals surface area contributed by atoms with E-state index in [2.05, 4.69) is 21.0 Å². The molecule has 10 heteroatoms. The number of fused-ring (bicyclic) bond motifs is 1. The van der Waals surface area contributed by atoms with Gasteiger partial charge >= 0.3 is 5.69 Å². The normalized spacial score (nSPS) is 15.3. The second-order valence-corrected chi connectivity index (χ2v) is 7.48. The topological polar surface area (TPSA) is 95.6 Å². The van der Waals surface area contributed by atoms with Gasteiger partial charge in [-0.2, -0.15) is 14.5 Å². The summed E-state index contributed by atoms with van der Waals surface area (Å²) >= 11 is 0. The number of rotatable bonds is 7. The molecule has 1 aliphatic heterocycles. The minimum Gasteiger partial charge on any atom is -0.492 e. The van der Waals surface area contributed by atoms with Crippen molar-refractivity contribution in [2.75, 3.05) is 6.61 Å². The summed E-state index contributed by atoms with van der Waals surface area (Å²) < 4.78 is 28.3. The quantitative estimate of drug-likeness (QED) is 0.448. The molecule has 1 N–H and O–H groups in total. The van der Waals surface area contributed by atoms with Crippen molar-refractivity contribution in [3.63, 3.8) is 0 Å². The molecule has 3 aromatic rings. The summed E-state index contributed by atoms with van der Waals surface area (Å²) in [5.74, 6) is 0.125. The van der Waals surface area contributed by atoms with Crippen LogP contribution >= 0.6 is 0 Å². The number of ether oxygens (including phenoxy) is 2. The van der Waals surface area contributed by atoms with Gasteiger partial charge in [-0.15, -0.1) is 0 Å². The Morgan fingerprint density at radius 3 is 2.84 bits per heavy atom. The zero-order valence-corrected chi connectivity index (χ0v) is 18.2. The number of halogens is 1. The summed E-state index contributed by atoms with van der Waals surface area (Å²) in [5, 5.41) is 12.2. The van der Waals surface area contributed by atoms with Crippen LogP contribution in [0.15, 0.2) is 46.3 Å². The van der Waals surface area contributed by atoms with Gasteiger partial charge < -0.3 is 9.47 Å². The average Bonchev–Trinajstić information content (AvgIpc) is 3.13. The van der Waals surface area contributed by atoms with E-state index >= 15 is 0 Å². The van der Waals surface area contributed by atoms with Crippen LogP contribution in [0.3, 0.4) is 0 Å². The molecule has 0 radical (unpaired) electrons. The Hall–Kier alpha value is -3.53. The summed E-state index contributed by atoms with van der Waals surface area (Å²) in [7, 11) is 1.55. The number of aromatic nitrogens is 4. The monoisotopic (exact) mass is 440 g/mol. The number of hydrogen-bond donors (Lipinski definition) is 1. The van der Waals surface area contributed by atoms with E-state index in [1.807, 2.05) is 26.0 Å². The molecule has 1 aliphatic rings. The summed E-state index contributed by atoms with van der Waals surface area (Å²) in [6, 6.07) is 10.3. The molecule has 32 heavy (non-hydrogen) atoms. The van der Waals surface area contributed by atoms with Crippen molar-refractivity contribution >= 4 is 5.71 Å². The minimum absolute atomic E-state index is 0.232. The lowest BCUT2D eigenvalue weighted by molar-refractivity contribution is 0.0157. The molecule has 0 fully saturated rings. The highest BCUT2D eigenvalue weighted by Gasteiger charge is 2.21. The summed E-state index contributed by atoms with van der Waals surface area (Å²) in [5.41, 5.74) is 6.05. The van der Waals surface area contributed by atoms with E-state index in [9.17, 15) is 9.18 Å². The molecule has 168 valence electrons. The van der Waals surface area contributed by atoms with Gasteiger partial charge in [-0.25, -0.2) is 9.18 Å². The Morgan fingerprint density at radius 1 is 1.28 bits per heavy atom. The smallest absolute Gasteiger partial charge is 0.368 e. The predicted octanol–water partition coefficient (Wildman–Crippen LogP) is 2.44. The zero-order valence-electron chi connectivity index (χ0n) is 18.2. The molecule has 1 atom stereocenters. The van der Waals surface area contributed by atoms with Gasteiger partial charge in [0.1, 0.15) is 17.8 Å². The van der Waals surface area contributed by atoms with Crippen LogP contribution in [0.5, 0.6) is 5.75 Å². The third-order valence-corrected chi connectivity index (χ3v) is 5.34. The molecule has 0 saturated carbocycles. The lowest BCUT2D eigenvalue weighted by Crippen LogP contribution is -2.30. The van der Waals surface area contributed by atoms with Crippen LogP contribution in [0, 0.1) is 12.7 Å². The highest BCUT2D eigenvalue weighted by molar-refractivity contribution is 6.03. The maximum Gasteiger partial charge on any atom is 0.368 e. The standard InChI is InChI=1S/C22H25FN6O3/c1-4-20(25-24-17-11-12-31-19-10-6-8-16(23)21(17)19)32-13-15-14(2)7-5-9-18(15)29-22(30)28(3)26-27-29/h5-10,20,25H,4,11-13H2,1-3H3. The van der Waals surface area contributed by atoms with Gasteiger partial charge in [-0.05, 0) is 47.5 Å². The first-order valence-electron chi connectivity index (χ1n) is 10.4. The van der Waals surface area contributed by atoms with E-state index < -0.39 is 6.23 Å². The first-order valence-corrected chi connectivity index (χ1v) is 10.4. The third-order valence-electron chi connectivity index (χ3n) is 5.34. The Bertz CT molecular complexity index is 1200. The zero-order chi connectivity index (χ0) is 22.7. The molecule has 0 amide bonds. The van der Waals surface area contributed by atoms with Crippen LogP contribution in [0.2, 0.25) is 0 Å². The summed E-state index contributed by atoms with van der Waals surface area (Å²) in [4.78, 5) is 12.3. The SMILES string of the molecule is CCC(NN=C1CCOc2cccc(F)c21)OCc1c(C)cccc1-n1nnn(C)c1=O. The van der Waals surface area contributed by atoms with E-state index in [0.717, 1.165) is 11.1 Å². The number of nitrogens with zero attached hydrogens (tertiary/aromatic N) is 5. The third kappa shape index (κ3) is 4.26. The Balaban J connectivity index is 1.52. The molecule has 2 aromatic carbocycles. The van der Waals surface area contributed by atoms with Crippen LogP contribution < -0.4 is 15.9 Å². The van der Waals surface area contributed by atoms with Gasteiger partial charge in [0.2, 0.25) is 0 Å². The first kappa shape index (κ1) is 21.7. The Morgan fingerprint density at radius 2 is 2.09 bits per heavy atom. The van der Waals surface area contributed by atoms with Crippen molar-refractivity contribution in [2.24, 2.45) is 12.1 Å². The number of hydrazone groups is 1. The van der Waals surface area contributed by atoms with Crippen molar-refractivity contribution in [2.45, 2.75) is 39.5 Å². The second kappa shape index (κ2) is 9.31. The maximum atomic E-state index is 14.3. The Labute approximate surface area is 184 Å². The largest absolute Gasteiger partial charge is 0.492 e. The van der Waals surface area contributed by atoms with E-state index in [1.165, 1.54) is 15.4 Å². The van der Waals surface area contributed by atoms with Gasteiger partial charge in [-0.1, -0.05) is 25.1 Å². The van der Waals surface area contributed by atoms with Crippen molar-refractivity contribution in [3.05, 3.63) is 69.4 Å². The number of benzene rings is 2. The molecular weight excluding hydrogens is 415 g/mol. The highest BCUT2D eigenvalue weighted by atomic mass is 19.1. The van der Waals surface area contributed by atoms with Gasteiger partial charge in [0.25, 0.3) is 0 Å². The van der Waals surface area contributed by atoms with Crippen LogP contribution in [-0.4, -0.2) is 38.3 Å². The van der Waals surface area contributed by atoms with E-state index in [4.69, 9.17) is 9.47 Å². The van der Waals surface area contributed by atoms with Crippen molar-refractivity contribution in [1.82, 2.24) is 25.2 Å². The average molecular weight is 440 g/mol. The van der Waals surface area contributed by atoms with Gasteiger partial charge in [0.05, 0.1) is 30.2 Å². The lowest BCUT2D eigenvalue weighted by atomic mass is 10.0. The van der Waals surface area contributed by atoms with Gasteiger partial charge in [-0.3, -0.25) is 5.43 Å². The molecule has 0 spiro atoms. The molecular formula is C22H25FN6O3. The maximum absolute atomic E-state index is 14.3. The number of aryl methyl sites for hydroxylation is 2. The van der Waals surface area contributed by atoms with Crippen LogP contribution in [0.4, 0.5) is 4.39 Å². The molecule has 1 aromatic heterocycles. The van der Waals surface area contributed by atoms with Gasteiger partial charge in [0, 0.05) is 19.0 Å². The molecule has 9 nitrogen and oxygen atoms in total. The number of hydrogen-bond acceptors (Lipinski definition) is 7. The van der Waals surface area contributed by atoms with Crippen molar-refractivity contribution < 1.29 is 13.9 Å². The predicted molar refractivity (Wildman–Crippen MR) is 116 cm³/mol. The molecule has 0 aliphatic carbocycles. The fourth-order valence-corrected chi connectivity index (χ4v) is 3.52. The summed E-state index contributed by atoms with van der Waals surface area (Å²) in [6.45, 7) is 4.58. The van der Waals surface area contributed by atoms with Gasteiger partial charge in [0.15, 0.2) is 0 Å². The van der Waals surface area contributed by atoms with Crippen molar-refractivity contribution in [3.8, 4) is 11.4 Å². The highest BCUT2D eigenvalue weighted by Crippen LogP contribution is 2.27. The molecule has 4 rings (SSSR count). The molecule has 1 unspecified atom stereocenters. The van der Waals surface area contributed by atoms with Crippen LogP contribution in [0.25, 0.3) is 5.69 Å². The Kier molecular flexibility index (Phi) is 6.31. The lowest BCUT2D eigenvalue weighted by Gasteiger charge is -2.22. The molecule has 2 heterocycles. The molecule has 0 bridgehead atoms. The first-order chi connectivity index (χ1) is 15.5. The molecule has 0 saturated heterocycles. The summed E-state index contributed by atoms with van der Waals surface area (Å²) in [6.07, 6.45) is 0.713. The minimum atomic E-state index is -0.411. The number of nitrogens with one attached hydrogen (secondary N) is 1. The van der Waals surface area contributed by atoms with Crippen LogP contribution in [0.1, 0.15) is 36.5 Å². The van der Waals surface area contributed by atoms with Crippen molar-refractivity contribution in [1.29, 1.82) is 0 Å². The number of tetrazole rings is 1. The second-order valence-electron chi connectivity index (χ2n) is 7.48. The van der Waals surface area contributed by atoms with E-state index in [-0.39, 0.29) is 18.1 Å². The fraction of sp³-hybridized carbons (Fsp3) is 0.364. The van der Waals surface area contributed by atoms with Crippen LogP contribution in [-0.2, 0) is 18.4 Å². The fourth-order valence-electron chi connectivity index (χ4n) is 3.52.